The molecule has 0 bridgehead atoms. The maximum Gasteiger partial charge on any atom is 0.322 e. The number of rotatable bonds is 4. The number of nitrogen functional groups attached to an aromatic ring is 1. The van der Waals surface area contributed by atoms with Gasteiger partial charge in [-0.3, -0.25) is 4.79 Å². The Morgan fingerprint density at radius 3 is 2.57 bits per heavy atom. The summed E-state index contributed by atoms with van der Waals surface area (Å²) in [6, 6.07) is 13.3. The van der Waals surface area contributed by atoms with Gasteiger partial charge in [0, 0.05) is 25.1 Å². The number of carbonyl (C=O) groups excluding carboxylic acids is 2. The summed E-state index contributed by atoms with van der Waals surface area (Å²) in [5.74, 6) is 0.652. The van der Waals surface area contributed by atoms with E-state index in [9.17, 15) is 9.59 Å². The second-order valence-corrected chi connectivity index (χ2v) is 7.95. The number of nitrogens with two attached hydrogens (primary N) is 1. The van der Waals surface area contributed by atoms with E-state index in [1.54, 1.807) is 23.1 Å². The van der Waals surface area contributed by atoms with Gasteiger partial charge in [-0.15, -0.1) is 0 Å². The molecule has 0 unspecified atom stereocenters. The highest BCUT2D eigenvalue weighted by Crippen LogP contribution is 2.30. The molecule has 2 amide bonds. The van der Waals surface area contributed by atoms with Gasteiger partial charge >= 0.3 is 6.03 Å². The van der Waals surface area contributed by atoms with Crippen LogP contribution >= 0.6 is 0 Å². The number of ketones is 1. The maximum absolute atomic E-state index is 12.7. The number of nitrogens with one attached hydrogen (secondary N) is 1. The quantitative estimate of drug-likeness (QED) is 0.603. The van der Waals surface area contributed by atoms with Crippen molar-refractivity contribution >= 4 is 23.2 Å². The summed E-state index contributed by atoms with van der Waals surface area (Å²) >= 11 is 0. The van der Waals surface area contributed by atoms with Crippen molar-refractivity contribution in [2.24, 2.45) is 5.92 Å². The van der Waals surface area contributed by atoms with Crippen LogP contribution in [0.2, 0.25) is 0 Å². The van der Waals surface area contributed by atoms with E-state index in [-0.39, 0.29) is 11.8 Å². The monoisotopic (exact) mass is 377 g/mol. The minimum atomic E-state index is -0.161. The van der Waals surface area contributed by atoms with Crippen molar-refractivity contribution < 1.29 is 9.59 Å². The van der Waals surface area contributed by atoms with Crippen LogP contribution in [-0.4, -0.2) is 23.3 Å². The van der Waals surface area contributed by atoms with Crippen LogP contribution < -0.4 is 11.1 Å². The molecule has 0 radical (unpaired) electrons. The third-order valence-electron chi connectivity index (χ3n) is 5.98. The van der Waals surface area contributed by atoms with Gasteiger partial charge in [-0.1, -0.05) is 49.9 Å². The van der Waals surface area contributed by atoms with Gasteiger partial charge in [-0.05, 0) is 41.7 Å². The standard InChI is InChI=1S/C23H27N3O2/c24-20-14-18(22(27)13-16-5-1-2-6-16)9-10-21(20)25-23(28)26-12-11-17-7-3-4-8-19(17)15-26/h3-4,7-10,14,16H,1-2,5-6,11-13,15,24H2,(H,25,28). The maximum atomic E-state index is 12.7. The van der Waals surface area contributed by atoms with Crippen LogP contribution in [0.3, 0.4) is 0 Å². The molecular formula is C23H27N3O2. The van der Waals surface area contributed by atoms with Crippen molar-refractivity contribution in [3.05, 3.63) is 59.2 Å². The second-order valence-electron chi connectivity index (χ2n) is 7.95. The Kier molecular flexibility index (Phi) is 5.33. The molecule has 1 fully saturated rings. The van der Waals surface area contributed by atoms with E-state index in [2.05, 4.69) is 17.4 Å². The predicted octanol–water partition coefficient (Wildman–Crippen LogP) is 4.62. The first kappa shape index (κ1) is 18.5. The zero-order valence-corrected chi connectivity index (χ0v) is 16.1. The van der Waals surface area contributed by atoms with Gasteiger partial charge in [-0.25, -0.2) is 4.79 Å². The highest BCUT2D eigenvalue weighted by atomic mass is 16.2. The number of urea groups is 1. The lowest BCUT2D eigenvalue weighted by molar-refractivity contribution is 0.0962. The molecule has 0 aromatic heterocycles. The molecule has 0 saturated heterocycles. The van der Waals surface area contributed by atoms with Crippen molar-refractivity contribution in [2.75, 3.05) is 17.6 Å². The van der Waals surface area contributed by atoms with Crippen molar-refractivity contribution in [3.8, 4) is 0 Å². The van der Waals surface area contributed by atoms with Gasteiger partial charge in [0.05, 0.1) is 11.4 Å². The van der Waals surface area contributed by atoms with Crippen LogP contribution in [0.25, 0.3) is 0 Å². The Labute approximate surface area is 165 Å². The largest absolute Gasteiger partial charge is 0.397 e. The average Bonchev–Trinajstić information content (AvgIpc) is 3.22. The molecule has 3 N–H and O–H groups in total. The predicted molar refractivity (Wildman–Crippen MR) is 111 cm³/mol. The fourth-order valence-electron chi connectivity index (χ4n) is 4.31. The summed E-state index contributed by atoms with van der Waals surface area (Å²) in [7, 11) is 0. The van der Waals surface area contributed by atoms with Gasteiger partial charge in [0.1, 0.15) is 0 Å². The van der Waals surface area contributed by atoms with Gasteiger partial charge in [0.2, 0.25) is 0 Å². The van der Waals surface area contributed by atoms with Gasteiger partial charge in [0.15, 0.2) is 5.78 Å². The topological polar surface area (TPSA) is 75.4 Å². The molecule has 146 valence electrons. The van der Waals surface area contributed by atoms with E-state index >= 15 is 0 Å². The smallest absolute Gasteiger partial charge is 0.322 e. The molecule has 2 aromatic carbocycles. The van der Waals surface area contributed by atoms with E-state index in [4.69, 9.17) is 5.73 Å². The molecule has 1 aliphatic heterocycles. The van der Waals surface area contributed by atoms with Gasteiger partial charge in [-0.2, -0.15) is 0 Å². The molecule has 1 heterocycles. The molecule has 4 rings (SSSR count). The number of amides is 2. The summed E-state index contributed by atoms with van der Waals surface area (Å²) in [6.07, 6.45) is 6.20. The molecule has 1 saturated carbocycles. The van der Waals surface area contributed by atoms with Crippen LogP contribution in [-0.2, 0) is 13.0 Å². The fraction of sp³-hybridized carbons (Fsp3) is 0.391. The van der Waals surface area contributed by atoms with E-state index in [1.807, 2.05) is 12.1 Å². The lowest BCUT2D eigenvalue weighted by Crippen LogP contribution is -2.39. The number of fused-ring (bicyclic) bond motifs is 1. The number of carbonyl (C=O) groups is 2. The molecule has 5 nitrogen and oxygen atoms in total. The summed E-state index contributed by atoms with van der Waals surface area (Å²) in [5, 5.41) is 2.90. The minimum absolute atomic E-state index is 0.143. The first-order valence-electron chi connectivity index (χ1n) is 10.2. The molecular weight excluding hydrogens is 350 g/mol. The summed E-state index contributed by atoms with van der Waals surface area (Å²) in [6.45, 7) is 1.28. The third-order valence-corrected chi connectivity index (χ3v) is 5.98. The Morgan fingerprint density at radius 1 is 1.07 bits per heavy atom. The molecule has 2 aromatic rings. The van der Waals surface area contributed by atoms with E-state index in [1.165, 1.54) is 24.0 Å². The minimum Gasteiger partial charge on any atom is -0.397 e. The van der Waals surface area contributed by atoms with Crippen molar-refractivity contribution in [1.29, 1.82) is 0 Å². The highest BCUT2D eigenvalue weighted by molar-refractivity contribution is 5.99. The molecule has 0 spiro atoms. The van der Waals surface area contributed by atoms with Crippen LogP contribution in [0.1, 0.15) is 53.6 Å². The molecule has 5 heteroatoms. The van der Waals surface area contributed by atoms with E-state index in [0.29, 0.717) is 42.4 Å². The lowest BCUT2D eigenvalue weighted by atomic mass is 9.96. The Bertz CT molecular complexity index is 887. The van der Waals surface area contributed by atoms with Crippen molar-refractivity contribution in [2.45, 2.75) is 45.1 Å². The normalized spacial score (nSPS) is 16.6. The molecule has 28 heavy (non-hydrogen) atoms. The number of benzene rings is 2. The Hall–Kier alpha value is -2.82. The Morgan fingerprint density at radius 2 is 1.82 bits per heavy atom. The summed E-state index contributed by atoms with van der Waals surface area (Å²) in [5.41, 5.74) is 10.2. The van der Waals surface area contributed by atoms with Gasteiger partial charge in [0.25, 0.3) is 0 Å². The summed E-state index contributed by atoms with van der Waals surface area (Å²) < 4.78 is 0. The fourth-order valence-corrected chi connectivity index (χ4v) is 4.31. The van der Waals surface area contributed by atoms with Gasteiger partial charge < -0.3 is 16.0 Å². The first-order chi connectivity index (χ1) is 13.6. The zero-order chi connectivity index (χ0) is 19.5. The average molecular weight is 377 g/mol. The van der Waals surface area contributed by atoms with Crippen LogP contribution in [0.15, 0.2) is 42.5 Å². The number of anilines is 2. The number of hydrogen-bond acceptors (Lipinski definition) is 3. The number of nitrogens with zero attached hydrogens (tertiary/aromatic N) is 1. The SMILES string of the molecule is Nc1cc(C(=O)CC2CCCC2)ccc1NC(=O)N1CCc2ccccc2C1. The summed E-state index contributed by atoms with van der Waals surface area (Å²) in [4.78, 5) is 27.0. The van der Waals surface area contributed by atoms with Crippen molar-refractivity contribution in [3.63, 3.8) is 0 Å². The van der Waals surface area contributed by atoms with E-state index < -0.39 is 0 Å². The van der Waals surface area contributed by atoms with E-state index in [0.717, 1.165) is 19.3 Å². The third kappa shape index (κ3) is 4.03. The number of Topliss-reactive ketones (excluding diaryl/α,β-unsaturated/α-hetero) is 1. The van der Waals surface area contributed by atoms with Crippen LogP contribution in [0.5, 0.6) is 0 Å². The molecule has 1 aliphatic carbocycles. The first-order valence-corrected chi connectivity index (χ1v) is 10.2. The lowest BCUT2D eigenvalue weighted by Gasteiger charge is -2.29. The van der Waals surface area contributed by atoms with Crippen LogP contribution in [0, 0.1) is 5.92 Å². The molecule has 0 atom stereocenters. The number of hydrogen-bond donors (Lipinski definition) is 2. The second kappa shape index (κ2) is 8.05. The zero-order valence-electron chi connectivity index (χ0n) is 16.1. The van der Waals surface area contributed by atoms with Crippen LogP contribution in [0.4, 0.5) is 16.2 Å². The highest BCUT2D eigenvalue weighted by Gasteiger charge is 2.22. The molecule has 2 aliphatic rings. The van der Waals surface area contributed by atoms with Crippen molar-refractivity contribution in [1.82, 2.24) is 4.90 Å². The Balaban J connectivity index is 1.39.